The summed E-state index contributed by atoms with van der Waals surface area (Å²) in [5.74, 6) is -0.183. The van der Waals surface area contributed by atoms with Crippen LogP contribution in [-0.4, -0.2) is 44.2 Å². The molecule has 1 unspecified atom stereocenters. The summed E-state index contributed by atoms with van der Waals surface area (Å²) in [4.78, 5) is 13.8. The van der Waals surface area contributed by atoms with E-state index >= 15 is 0 Å². The number of hydrogen-bond donors (Lipinski definition) is 1. The Labute approximate surface area is 121 Å². The van der Waals surface area contributed by atoms with Gasteiger partial charge in [0.05, 0.1) is 13.5 Å². The number of ether oxygens (including phenoxy) is 1. The molecule has 1 heterocycles. The van der Waals surface area contributed by atoms with E-state index in [9.17, 15) is 4.79 Å². The van der Waals surface area contributed by atoms with Crippen LogP contribution in [-0.2, 0) is 22.5 Å². The first-order valence-corrected chi connectivity index (χ1v) is 7.24. The summed E-state index contributed by atoms with van der Waals surface area (Å²) in [5, 5.41) is 3.51. The van der Waals surface area contributed by atoms with E-state index in [4.69, 9.17) is 4.74 Å². The van der Waals surface area contributed by atoms with E-state index in [-0.39, 0.29) is 5.97 Å². The maximum atomic E-state index is 11.5. The molecule has 1 N–H and O–H groups in total. The van der Waals surface area contributed by atoms with Gasteiger partial charge in [0.15, 0.2) is 0 Å². The van der Waals surface area contributed by atoms with E-state index in [0.717, 1.165) is 25.2 Å². The number of nitrogens with zero attached hydrogens (tertiary/aromatic N) is 1. The second-order valence-corrected chi connectivity index (χ2v) is 5.51. The molecule has 4 heteroatoms. The maximum absolute atomic E-state index is 11.5. The third-order valence-electron chi connectivity index (χ3n) is 3.82. The fraction of sp³-hybridized carbons (Fsp3) is 0.562. The van der Waals surface area contributed by atoms with Gasteiger partial charge in [0, 0.05) is 19.1 Å². The van der Waals surface area contributed by atoms with Crippen molar-refractivity contribution in [3.05, 3.63) is 35.4 Å². The molecular formula is C16H24N2O2. The van der Waals surface area contributed by atoms with Crippen molar-refractivity contribution in [3.63, 3.8) is 0 Å². The molecule has 20 heavy (non-hydrogen) atoms. The number of carbonyl (C=O) groups is 1. The molecule has 1 aliphatic heterocycles. The summed E-state index contributed by atoms with van der Waals surface area (Å²) in [6.45, 7) is 3.05. The van der Waals surface area contributed by atoms with E-state index < -0.39 is 0 Å². The zero-order valence-electron chi connectivity index (χ0n) is 12.4. The van der Waals surface area contributed by atoms with Gasteiger partial charge in [0.1, 0.15) is 0 Å². The number of carbonyl (C=O) groups excluding carboxylic acids is 1. The van der Waals surface area contributed by atoms with Crippen molar-refractivity contribution in [2.24, 2.45) is 0 Å². The third-order valence-corrected chi connectivity index (χ3v) is 3.82. The molecule has 0 amide bonds. The Morgan fingerprint density at radius 3 is 2.80 bits per heavy atom. The maximum Gasteiger partial charge on any atom is 0.309 e. The van der Waals surface area contributed by atoms with Gasteiger partial charge in [-0.2, -0.15) is 0 Å². The monoisotopic (exact) mass is 276 g/mol. The highest BCUT2D eigenvalue weighted by Gasteiger charge is 2.16. The summed E-state index contributed by atoms with van der Waals surface area (Å²) < 4.78 is 4.76. The number of hydrogen-bond acceptors (Lipinski definition) is 4. The highest BCUT2D eigenvalue weighted by Crippen LogP contribution is 2.14. The Balaban J connectivity index is 1.95. The van der Waals surface area contributed by atoms with Gasteiger partial charge in [-0.1, -0.05) is 24.3 Å². The molecule has 1 atom stereocenters. The number of esters is 1. The molecule has 1 fully saturated rings. The molecule has 0 saturated carbocycles. The molecule has 0 aliphatic carbocycles. The number of likely N-dealkylation sites (N-methyl/N-ethyl adjacent to an activating group) is 1. The van der Waals surface area contributed by atoms with Crippen LogP contribution in [0.15, 0.2) is 24.3 Å². The zero-order chi connectivity index (χ0) is 14.4. The molecule has 0 bridgehead atoms. The molecular weight excluding hydrogens is 252 g/mol. The lowest BCUT2D eigenvalue weighted by Gasteiger charge is -2.22. The topological polar surface area (TPSA) is 41.6 Å². The fourth-order valence-corrected chi connectivity index (χ4v) is 2.76. The van der Waals surface area contributed by atoms with Crippen molar-refractivity contribution >= 4 is 5.97 Å². The van der Waals surface area contributed by atoms with Crippen LogP contribution in [0.25, 0.3) is 0 Å². The van der Waals surface area contributed by atoms with Crippen molar-refractivity contribution in [1.29, 1.82) is 0 Å². The minimum Gasteiger partial charge on any atom is -0.469 e. The van der Waals surface area contributed by atoms with Gasteiger partial charge < -0.3 is 15.0 Å². The number of rotatable bonds is 6. The summed E-state index contributed by atoms with van der Waals surface area (Å²) in [5.41, 5.74) is 2.27. The van der Waals surface area contributed by atoms with Crippen LogP contribution in [0.5, 0.6) is 0 Å². The van der Waals surface area contributed by atoms with E-state index in [1.165, 1.54) is 25.5 Å². The average Bonchev–Trinajstić information content (AvgIpc) is 2.93. The molecule has 0 radical (unpaired) electrons. The second kappa shape index (κ2) is 7.41. The van der Waals surface area contributed by atoms with Gasteiger partial charge in [-0.15, -0.1) is 0 Å². The Bertz CT molecular complexity index is 442. The second-order valence-electron chi connectivity index (χ2n) is 5.51. The minimum atomic E-state index is -0.183. The molecule has 1 aromatic rings. The predicted octanol–water partition coefficient (Wildman–Crippen LogP) is 1.59. The lowest BCUT2D eigenvalue weighted by Crippen LogP contribution is -2.35. The van der Waals surface area contributed by atoms with Crippen LogP contribution in [0, 0.1) is 0 Å². The van der Waals surface area contributed by atoms with E-state index in [2.05, 4.69) is 23.3 Å². The summed E-state index contributed by atoms with van der Waals surface area (Å²) in [6.07, 6.45) is 2.88. The Morgan fingerprint density at radius 2 is 2.15 bits per heavy atom. The Hall–Kier alpha value is -1.39. The molecule has 1 aliphatic rings. The van der Waals surface area contributed by atoms with Gasteiger partial charge in [-0.05, 0) is 37.6 Å². The smallest absolute Gasteiger partial charge is 0.309 e. The van der Waals surface area contributed by atoms with Gasteiger partial charge in [0.25, 0.3) is 0 Å². The predicted molar refractivity (Wildman–Crippen MR) is 79.5 cm³/mol. The molecule has 2 rings (SSSR count). The van der Waals surface area contributed by atoms with Crippen LogP contribution in [0.2, 0.25) is 0 Å². The van der Waals surface area contributed by atoms with E-state index in [0.29, 0.717) is 12.5 Å². The highest BCUT2D eigenvalue weighted by atomic mass is 16.5. The third kappa shape index (κ3) is 4.32. The van der Waals surface area contributed by atoms with E-state index in [1.54, 1.807) is 0 Å². The summed E-state index contributed by atoms with van der Waals surface area (Å²) >= 11 is 0. The largest absolute Gasteiger partial charge is 0.469 e. The van der Waals surface area contributed by atoms with Crippen LogP contribution in [0.4, 0.5) is 0 Å². The lowest BCUT2D eigenvalue weighted by atomic mass is 10.0. The van der Waals surface area contributed by atoms with Gasteiger partial charge >= 0.3 is 5.97 Å². The molecule has 0 aromatic heterocycles. The van der Waals surface area contributed by atoms with Crippen LogP contribution in [0.1, 0.15) is 24.0 Å². The van der Waals surface area contributed by atoms with Crippen LogP contribution >= 0.6 is 0 Å². The first kappa shape index (κ1) is 15.0. The molecule has 4 nitrogen and oxygen atoms in total. The van der Waals surface area contributed by atoms with Crippen LogP contribution in [0.3, 0.4) is 0 Å². The van der Waals surface area contributed by atoms with Crippen molar-refractivity contribution in [3.8, 4) is 0 Å². The zero-order valence-corrected chi connectivity index (χ0v) is 12.4. The summed E-state index contributed by atoms with van der Waals surface area (Å²) in [6, 6.07) is 8.70. The van der Waals surface area contributed by atoms with Gasteiger partial charge in [-0.3, -0.25) is 4.79 Å². The Morgan fingerprint density at radius 1 is 1.40 bits per heavy atom. The number of benzene rings is 1. The quantitative estimate of drug-likeness (QED) is 0.801. The standard InChI is InChI=1S/C16H24N2O2/c1-18(12-15-8-5-9-17-15)11-14-7-4-3-6-13(14)10-16(19)20-2/h3-4,6-7,15,17H,5,8-12H2,1-2H3. The van der Waals surface area contributed by atoms with Gasteiger partial charge in [0.2, 0.25) is 0 Å². The van der Waals surface area contributed by atoms with Crippen molar-refractivity contribution in [1.82, 2.24) is 10.2 Å². The normalized spacial score (nSPS) is 18.4. The van der Waals surface area contributed by atoms with Gasteiger partial charge in [-0.25, -0.2) is 0 Å². The highest BCUT2D eigenvalue weighted by molar-refractivity contribution is 5.72. The number of methoxy groups -OCH3 is 1. The van der Waals surface area contributed by atoms with Crippen molar-refractivity contribution in [2.75, 3.05) is 27.2 Å². The molecule has 1 saturated heterocycles. The summed E-state index contributed by atoms with van der Waals surface area (Å²) in [7, 11) is 3.57. The van der Waals surface area contributed by atoms with Crippen LogP contribution < -0.4 is 5.32 Å². The van der Waals surface area contributed by atoms with E-state index in [1.807, 2.05) is 18.2 Å². The lowest BCUT2D eigenvalue weighted by molar-refractivity contribution is -0.139. The first-order chi connectivity index (χ1) is 9.69. The minimum absolute atomic E-state index is 0.183. The molecule has 0 spiro atoms. The molecule has 110 valence electrons. The van der Waals surface area contributed by atoms with Crippen molar-refractivity contribution in [2.45, 2.75) is 31.8 Å². The first-order valence-electron chi connectivity index (χ1n) is 7.24. The molecule has 1 aromatic carbocycles. The SMILES string of the molecule is COC(=O)Cc1ccccc1CN(C)CC1CCCN1. The average molecular weight is 276 g/mol. The van der Waals surface area contributed by atoms with Crippen molar-refractivity contribution < 1.29 is 9.53 Å². The Kier molecular flexibility index (Phi) is 5.56. The number of nitrogens with one attached hydrogen (secondary N) is 1. The fourth-order valence-electron chi connectivity index (χ4n) is 2.76.